The van der Waals surface area contributed by atoms with Crippen LogP contribution in [0.15, 0.2) is 397 Å². The van der Waals surface area contributed by atoms with Crippen LogP contribution in [0.25, 0.3) is 143 Å². The molecule has 0 bridgehead atoms. The van der Waals surface area contributed by atoms with E-state index in [-0.39, 0.29) is 0 Å². The third kappa shape index (κ3) is 8.99. The van der Waals surface area contributed by atoms with Crippen LogP contribution in [0, 0.1) is 0 Å². The Morgan fingerprint density at radius 1 is 0.167 bits per heavy atom. The molecular formula is C100H64O2. The highest BCUT2D eigenvalue weighted by atomic mass is 16.3. The van der Waals surface area contributed by atoms with Crippen molar-refractivity contribution < 1.29 is 8.83 Å². The second kappa shape index (κ2) is 23.8. The third-order valence-corrected chi connectivity index (χ3v) is 21.9. The molecule has 0 aliphatic heterocycles. The highest BCUT2D eigenvalue weighted by Crippen LogP contribution is 2.59. The van der Waals surface area contributed by atoms with Gasteiger partial charge in [-0.05, 0) is 163 Å². The van der Waals surface area contributed by atoms with Gasteiger partial charge in [0.25, 0.3) is 0 Å². The smallest absolute Gasteiger partial charge is 0.143 e. The summed E-state index contributed by atoms with van der Waals surface area (Å²) in [6.45, 7) is 0. The van der Waals surface area contributed by atoms with Crippen LogP contribution in [-0.2, 0) is 10.8 Å². The molecule has 0 radical (unpaired) electrons. The highest BCUT2D eigenvalue weighted by molar-refractivity contribution is 6.21. The van der Waals surface area contributed by atoms with Crippen molar-refractivity contribution in [3.8, 4) is 77.9 Å². The summed E-state index contributed by atoms with van der Waals surface area (Å²) in [5, 5.41) is 9.61. The van der Waals surface area contributed by atoms with Crippen LogP contribution in [0.3, 0.4) is 0 Å². The molecule has 0 atom stereocenters. The summed E-state index contributed by atoms with van der Waals surface area (Å²) in [5.41, 5.74) is 30.0. The number of rotatable bonds is 9. The van der Waals surface area contributed by atoms with Gasteiger partial charge in [-0.3, -0.25) is 0 Å². The third-order valence-electron chi connectivity index (χ3n) is 21.9. The van der Waals surface area contributed by atoms with E-state index >= 15 is 0 Å². The van der Waals surface area contributed by atoms with E-state index in [1.165, 1.54) is 122 Å². The molecule has 0 N–H and O–H groups in total. The molecule has 2 aliphatic carbocycles. The average Bonchev–Trinajstić information content (AvgIpc) is 1.53. The van der Waals surface area contributed by atoms with Gasteiger partial charge >= 0.3 is 0 Å². The summed E-state index contributed by atoms with van der Waals surface area (Å²) < 4.78 is 13.0. The Kier molecular flexibility index (Phi) is 13.8. The standard InChI is InChI=1S/C57H36O.C43H28O/c1-2-16-37(17-3-1)54-46-23-4-6-25-48(46)55(49-26-7-5-24-47(49)54)38-32-34-40(35-33-38)57(51-29-11-8-20-43(51)44-21-9-12-30-52(44)57)41-19-14-18-39(36-41)42-27-15-28-50-45-22-10-13-31-53(45)58-56(42)50;1-2-16-32(17-3-1)43(39-24-7-4-19-35(39)36-20-5-8-25-40(36)43)33-18-11-14-30(28-33)29-13-10-15-31(27-29)34-22-12-23-38-37-21-6-9-26-41(37)44-42(34)38/h1-36H;1-28H. The predicted octanol–water partition coefficient (Wildman–Crippen LogP) is 26.5. The Hall–Kier alpha value is -13.1. The molecule has 21 rings (SSSR count). The van der Waals surface area contributed by atoms with Crippen molar-refractivity contribution in [1.82, 2.24) is 0 Å². The molecule has 0 spiro atoms. The zero-order valence-electron chi connectivity index (χ0n) is 55.8. The van der Waals surface area contributed by atoms with Gasteiger partial charge in [-0.15, -0.1) is 0 Å². The molecule has 2 nitrogen and oxygen atoms in total. The quantitative estimate of drug-likeness (QED) is 0.135. The van der Waals surface area contributed by atoms with E-state index in [1.807, 2.05) is 18.2 Å². The molecule has 0 unspecified atom stereocenters. The van der Waals surface area contributed by atoms with E-state index in [9.17, 15) is 0 Å². The summed E-state index contributed by atoms with van der Waals surface area (Å²) in [6.07, 6.45) is 0. The van der Waals surface area contributed by atoms with Gasteiger partial charge in [-0.2, -0.15) is 0 Å². The van der Waals surface area contributed by atoms with Crippen LogP contribution in [0.4, 0.5) is 0 Å². The molecule has 102 heavy (non-hydrogen) atoms. The van der Waals surface area contributed by atoms with Gasteiger partial charge < -0.3 is 8.83 Å². The van der Waals surface area contributed by atoms with Gasteiger partial charge in [0.2, 0.25) is 0 Å². The maximum atomic E-state index is 6.57. The minimum absolute atomic E-state index is 0.415. The molecule has 19 aromatic rings. The van der Waals surface area contributed by atoms with E-state index in [4.69, 9.17) is 8.83 Å². The summed E-state index contributed by atoms with van der Waals surface area (Å²) in [4.78, 5) is 0. The fraction of sp³-hybridized carbons (Fsp3) is 0.0200. The van der Waals surface area contributed by atoms with Gasteiger partial charge in [0.05, 0.1) is 10.8 Å². The minimum atomic E-state index is -0.551. The van der Waals surface area contributed by atoms with E-state index < -0.39 is 10.8 Å². The van der Waals surface area contributed by atoms with Crippen LogP contribution in [0.5, 0.6) is 0 Å². The van der Waals surface area contributed by atoms with Crippen LogP contribution >= 0.6 is 0 Å². The lowest BCUT2D eigenvalue weighted by molar-refractivity contribution is 0.669. The van der Waals surface area contributed by atoms with Gasteiger partial charge in [-0.25, -0.2) is 0 Å². The van der Waals surface area contributed by atoms with Gasteiger partial charge in [0.15, 0.2) is 0 Å². The van der Waals surface area contributed by atoms with Crippen molar-refractivity contribution in [3.63, 3.8) is 0 Å². The molecule has 0 saturated heterocycles. The van der Waals surface area contributed by atoms with Crippen molar-refractivity contribution in [2.75, 3.05) is 0 Å². The number of hydrogen-bond donors (Lipinski definition) is 0. The molecule has 0 fully saturated rings. The number of hydrogen-bond acceptors (Lipinski definition) is 2. The first-order valence-corrected chi connectivity index (χ1v) is 35.3. The molecule has 17 aromatic carbocycles. The fourth-order valence-corrected chi connectivity index (χ4v) is 17.6. The Morgan fingerprint density at radius 2 is 0.451 bits per heavy atom. The maximum Gasteiger partial charge on any atom is 0.143 e. The summed E-state index contributed by atoms with van der Waals surface area (Å²) in [6, 6.07) is 142. The number of fused-ring (bicyclic) bond motifs is 14. The largest absolute Gasteiger partial charge is 0.455 e. The first kappa shape index (κ1) is 59.0. The van der Waals surface area contributed by atoms with Gasteiger partial charge in [0, 0.05) is 32.7 Å². The lowest BCUT2D eigenvalue weighted by atomic mass is 9.67. The first-order valence-electron chi connectivity index (χ1n) is 35.3. The minimum Gasteiger partial charge on any atom is -0.455 e. The van der Waals surface area contributed by atoms with Gasteiger partial charge in [0.1, 0.15) is 22.3 Å². The van der Waals surface area contributed by atoms with Crippen LogP contribution in [0.1, 0.15) is 44.5 Å². The predicted molar refractivity (Wildman–Crippen MR) is 424 cm³/mol. The van der Waals surface area contributed by atoms with E-state index in [0.29, 0.717) is 0 Å². The maximum absolute atomic E-state index is 6.57. The Labute approximate surface area is 592 Å². The van der Waals surface area contributed by atoms with Crippen molar-refractivity contribution in [3.05, 3.63) is 433 Å². The van der Waals surface area contributed by atoms with Gasteiger partial charge in [-0.1, -0.05) is 358 Å². The second-order valence-corrected chi connectivity index (χ2v) is 27.1. The summed E-state index contributed by atoms with van der Waals surface area (Å²) in [7, 11) is 0. The second-order valence-electron chi connectivity index (χ2n) is 27.1. The Balaban J connectivity index is 0.000000142. The van der Waals surface area contributed by atoms with Crippen LogP contribution < -0.4 is 0 Å². The topological polar surface area (TPSA) is 26.3 Å². The van der Waals surface area contributed by atoms with Crippen LogP contribution in [0.2, 0.25) is 0 Å². The van der Waals surface area contributed by atoms with E-state index in [0.717, 1.165) is 66.1 Å². The number of furan rings is 2. The molecule has 2 aliphatic rings. The summed E-state index contributed by atoms with van der Waals surface area (Å²) in [5.74, 6) is 0. The molecule has 0 amide bonds. The average molecular weight is 1300 g/mol. The first-order chi connectivity index (χ1) is 50.6. The van der Waals surface area contributed by atoms with Crippen LogP contribution in [-0.4, -0.2) is 0 Å². The summed E-state index contributed by atoms with van der Waals surface area (Å²) >= 11 is 0. The molecule has 0 saturated carbocycles. The van der Waals surface area contributed by atoms with Crippen molar-refractivity contribution in [1.29, 1.82) is 0 Å². The molecule has 2 heteroatoms. The lowest BCUT2D eigenvalue weighted by Gasteiger charge is -2.34. The van der Waals surface area contributed by atoms with Crippen molar-refractivity contribution in [2.45, 2.75) is 10.8 Å². The monoisotopic (exact) mass is 1300 g/mol. The van der Waals surface area contributed by atoms with E-state index in [2.05, 4.69) is 370 Å². The van der Waals surface area contributed by atoms with Crippen molar-refractivity contribution in [2.24, 2.45) is 0 Å². The van der Waals surface area contributed by atoms with Crippen molar-refractivity contribution >= 4 is 65.4 Å². The molecule has 2 heterocycles. The SMILES string of the molecule is c1ccc(-c2c3ccccc3c(-c3ccc(C4(c5cccc(-c6cccc7c6oc6ccccc67)c5)c5ccccc5-c5ccccc54)cc3)c3ccccc23)cc1.c1ccc(C2(c3cccc(-c4cccc(-c5cccc6c5oc5ccccc56)c4)c3)c3ccccc3-c3ccccc32)cc1. The lowest BCUT2D eigenvalue weighted by Crippen LogP contribution is -2.28. The Morgan fingerprint density at radius 3 is 0.912 bits per heavy atom. The zero-order chi connectivity index (χ0) is 67.3. The number of benzene rings is 17. The highest BCUT2D eigenvalue weighted by Gasteiger charge is 2.47. The molecular weight excluding hydrogens is 1230 g/mol. The van der Waals surface area contributed by atoms with E-state index in [1.54, 1.807) is 0 Å². The fourth-order valence-electron chi connectivity index (χ4n) is 17.6. The Bertz CT molecular complexity index is 6360. The number of para-hydroxylation sites is 4. The molecule has 476 valence electrons. The molecule has 2 aromatic heterocycles. The zero-order valence-corrected chi connectivity index (χ0v) is 55.8. The normalized spacial score (nSPS) is 13.1.